The van der Waals surface area contributed by atoms with Crippen molar-refractivity contribution in [3.63, 3.8) is 0 Å². The lowest BCUT2D eigenvalue weighted by Crippen LogP contribution is -2.44. The van der Waals surface area contributed by atoms with Gasteiger partial charge in [-0.05, 0) is 19.8 Å². The third-order valence-electron chi connectivity index (χ3n) is 3.16. The molecule has 2 rings (SSSR count). The molecule has 1 fully saturated rings. The average molecular weight is 266 g/mol. The van der Waals surface area contributed by atoms with Crippen molar-refractivity contribution >= 4 is 11.9 Å². The first kappa shape index (κ1) is 13.5. The van der Waals surface area contributed by atoms with E-state index < -0.39 is 0 Å². The molecule has 7 heteroatoms. The van der Waals surface area contributed by atoms with Crippen LogP contribution in [0.4, 0.5) is 0 Å². The molecule has 1 aromatic rings. The van der Waals surface area contributed by atoms with E-state index in [0.717, 1.165) is 12.8 Å². The number of nitrogens with zero attached hydrogens (tertiary/aromatic N) is 4. The van der Waals surface area contributed by atoms with Crippen LogP contribution in [0.2, 0.25) is 0 Å². The van der Waals surface area contributed by atoms with Crippen LogP contribution in [0.5, 0.6) is 0 Å². The Morgan fingerprint density at radius 3 is 3.00 bits per heavy atom. The summed E-state index contributed by atoms with van der Waals surface area (Å²) in [6.07, 6.45) is 4.51. The molecule has 0 spiro atoms. The Kier molecular flexibility index (Phi) is 4.48. The van der Waals surface area contributed by atoms with Crippen molar-refractivity contribution in [2.45, 2.75) is 26.3 Å². The molecule has 19 heavy (non-hydrogen) atoms. The molecule has 7 nitrogen and oxygen atoms in total. The summed E-state index contributed by atoms with van der Waals surface area (Å²) in [5, 5.41) is 3.90. The molecule has 104 valence electrons. The molecule has 0 aliphatic carbocycles. The molecule has 1 aromatic heterocycles. The van der Waals surface area contributed by atoms with Gasteiger partial charge in [0.2, 0.25) is 5.91 Å². The third kappa shape index (κ3) is 3.52. The minimum Gasteiger partial charge on any atom is -0.466 e. The molecule has 1 atom stereocenters. The fourth-order valence-corrected chi connectivity index (χ4v) is 2.21. The molecule has 1 saturated heterocycles. The summed E-state index contributed by atoms with van der Waals surface area (Å²) in [4.78, 5) is 29.3. The lowest BCUT2D eigenvalue weighted by Gasteiger charge is -2.31. The highest BCUT2D eigenvalue weighted by Crippen LogP contribution is 2.18. The molecule has 0 radical (unpaired) electrons. The van der Waals surface area contributed by atoms with Gasteiger partial charge >= 0.3 is 5.97 Å². The number of esters is 1. The van der Waals surface area contributed by atoms with Crippen molar-refractivity contribution in [2.24, 2.45) is 5.92 Å². The maximum Gasteiger partial charge on any atom is 0.310 e. The van der Waals surface area contributed by atoms with Gasteiger partial charge in [-0.15, -0.1) is 0 Å². The van der Waals surface area contributed by atoms with Crippen LogP contribution >= 0.6 is 0 Å². The Bertz CT molecular complexity index is 432. The van der Waals surface area contributed by atoms with Crippen molar-refractivity contribution in [1.82, 2.24) is 19.7 Å². The molecule has 1 amide bonds. The van der Waals surface area contributed by atoms with Gasteiger partial charge in [0.25, 0.3) is 0 Å². The highest BCUT2D eigenvalue weighted by molar-refractivity contribution is 5.78. The highest BCUT2D eigenvalue weighted by Gasteiger charge is 2.29. The smallest absolute Gasteiger partial charge is 0.310 e. The predicted octanol–water partition coefficient (Wildman–Crippen LogP) is 0.0798. The molecule has 1 aliphatic rings. The maximum atomic E-state index is 12.1. The zero-order valence-corrected chi connectivity index (χ0v) is 11.0. The number of amides is 1. The summed E-state index contributed by atoms with van der Waals surface area (Å²) >= 11 is 0. The molecule has 0 bridgehead atoms. The zero-order valence-electron chi connectivity index (χ0n) is 11.0. The van der Waals surface area contributed by atoms with E-state index in [1.54, 1.807) is 11.8 Å². The summed E-state index contributed by atoms with van der Waals surface area (Å²) in [6, 6.07) is 0. The number of carbonyl (C=O) groups is 2. The first-order chi connectivity index (χ1) is 9.20. The molecular formula is C12H18N4O3. The Labute approximate surface area is 111 Å². The molecule has 2 heterocycles. The quantitative estimate of drug-likeness (QED) is 0.721. The van der Waals surface area contributed by atoms with E-state index in [1.165, 1.54) is 17.3 Å². The SMILES string of the molecule is CCOC(=O)[C@H]1CCCN(C(=O)Cn2cncn2)C1. The number of rotatable bonds is 4. The van der Waals surface area contributed by atoms with Gasteiger partial charge in [0.1, 0.15) is 19.2 Å². The Hall–Kier alpha value is -1.92. The number of ether oxygens (including phenoxy) is 1. The second-order valence-electron chi connectivity index (χ2n) is 4.52. The molecular weight excluding hydrogens is 248 g/mol. The summed E-state index contributed by atoms with van der Waals surface area (Å²) < 4.78 is 6.49. The van der Waals surface area contributed by atoms with Gasteiger partial charge in [0.15, 0.2) is 0 Å². The standard InChI is InChI=1S/C12H18N4O3/c1-2-19-12(18)10-4-3-5-15(6-10)11(17)7-16-9-13-8-14-16/h8-10H,2-7H2,1H3/t10-/m0/s1. The van der Waals surface area contributed by atoms with Crippen molar-refractivity contribution in [2.75, 3.05) is 19.7 Å². The number of hydrogen-bond acceptors (Lipinski definition) is 5. The second-order valence-corrected chi connectivity index (χ2v) is 4.52. The number of piperidine rings is 1. The Morgan fingerprint density at radius 2 is 2.32 bits per heavy atom. The van der Waals surface area contributed by atoms with E-state index in [1.807, 2.05) is 0 Å². The Balaban J connectivity index is 1.89. The van der Waals surface area contributed by atoms with Crippen molar-refractivity contribution in [1.29, 1.82) is 0 Å². The lowest BCUT2D eigenvalue weighted by molar-refractivity contribution is -0.151. The fraction of sp³-hybridized carbons (Fsp3) is 0.667. The van der Waals surface area contributed by atoms with Crippen molar-refractivity contribution in [3.8, 4) is 0 Å². The monoisotopic (exact) mass is 266 g/mol. The van der Waals surface area contributed by atoms with Gasteiger partial charge in [-0.1, -0.05) is 0 Å². The van der Waals surface area contributed by atoms with E-state index in [0.29, 0.717) is 19.7 Å². The number of aromatic nitrogens is 3. The van der Waals surface area contributed by atoms with Gasteiger partial charge in [0.05, 0.1) is 12.5 Å². The van der Waals surface area contributed by atoms with Gasteiger partial charge in [-0.25, -0.2) is 9.67 Å². The minimum atomic E-state index is -0.208. The third-order valence-corrected chi connectivity index (χ3v) is 3.16. The largest absolute Gasteiger partial charge is 0.466 e. The van der Waals surface area contributed by atoms with E-state index >= 15 is 0 Å². The zero-order chi connectivity index (χ0) is 13.7. The molecule has 0 aromatic carbocycles. The van der Waals surface area contributed by atoms with Crippen LogP contribution < -0.4 is 0 Å². The van der Waals surface area contributed by atoms with Crippen LogP contribution in [-0.4, -0.2) is 51.2 Å². The van der Waals surface area contributed by atoms with Crippen molar-refractivity contribution in [3.05, 3.63) is 12.7 Å². The van der Waals surface area contributed by atoms with Crippen molar-refractivity contribution < 1.29 is 14.3 Å². The topological polar surface area (TPSA) is 77.3 Å². The van der Waals surface area contributed by atoms with Gasteiger partial charge < -0.3 is 9.64 Å². The lowest BCUT2D eigenvalue weighted by atomic mass is 9.98. The first-order valence-electron chi connectivity index (χ1n) is 6.47. The number of carbonyl (C=O) groups excluding carboxylic acids is 2. The number of hydrogen-bond donors (Lipinski definition) is 0. The van der Waals surface area contributed by atoms with Crippen LogP contribution in [-0.2, 0) is 20.9 Å². The maximum absolute atomic E-state index is 12.1. The van der Waals surface area contributed by atoms with Crippen LogP contribution in [0.25, 0.3) is 0 Å². The summed E-state index contributed by atoms with van der Waals surface area (Å²) in [7, 11) is 0. The molecule has 0 N–H and O–H groups in total. The van der Waals surface area contributed by atoms with Crippen LogP contribution in [0.15, 0.2) is 12.7 Å². The summed E-state index contributed by atoms with van der Waals surface area (Å²) in [5.41, 5.74) is 0. The van der Waals surface area contributed by atoms with Crippen LogP contribution in [0.3, 0.4) is 0 Å². The van der Waals surface area contributed by atoms with E-state index in [4.69, 9.17) is 4.74 Å². The van der Waals surface area contributed by atoms with Gasteiger partial charge in [-0.2, -0.15) is 5.10 Å². The fourth-order valence-electron chi connectivity index (χ4n) is 2.21. The van der Waals surface area contributed by atoms with E-state index in [2.05, 4.69) is 10.1 Å². The summed E-state index contributed by atoms with van der Waals surface area (Å²) in [6.45, 7) is 3.45. The van der Waals surface area contributed by atoms with E-state index in [9.17, 15) is 9.59 Å². The van der Waals surface area contributed by atoms with Crippen LogP contribution in [0.1, 0.15) is 19.8 Å². The normalized spacial score (nSPS) is 19.2. The van der Waals surface area contributed by atoms with Gasteiger partial charge in [0, 0.05) is 13.1 Å². The predicted molar refractivity (Wildman–Crippen MR) is 66.0 cm³/mol. The molecule has 0 unspecified atom stereocenters. The average Bonchev–Trinajstić information content (AvgIpc) is 2.92. The van der Waals surface area contributed by atoms with Crippen LogP contribution in [0, 0.1) is 5.92 Å². The minimum absolute atomic E-state index is 0.0421. The van der Waals surface area contributed by atoms with Gasteiger partial charge in [-0.3, -0.25) is 9.59 Å². The highest BCUT2D eigenvalue weighted by atomic mass is 16.5. The Morgan fingerprint density at radius 1 is 1.47 bits per heavy atom. The molecule has 0 saturated carbocycles. The number of likely N-dealkylation sites (tertiary alicyclic amines) is 1. The first-order valence-corrected chi connectivity index (χ1v) is 6.47. The second kappa shape index (κ2) is 6.31. The molecule has 1 aliphatic heterocycles. The van der Waals surface area contributed by atoms with E-state index in [-0.39, 0.29) is 24.3 Å². The summed E-state index contributed by atoms with van der Waals surface area (Å²) in [5.74, 6) is -0.450.